The van der Waals surface area contributed by atoms with Crippen LogP contribution in [0.2, 0.25) is 36.3 Å². The van der Waals surface area contributed by atoms with Gasteiger partial charge in [-0.2, -0.15) is 0 Å². The van der Waals surface area contributed by atoms with Crippen molar-refractivity contribution in [2.75, 3.05) is 0 Å². The molecule has 4 aliphatic carbocycles. The lowest BCUT2D eigenvalue weighted by molar-refractivity contribution is -0.115. The van der Waals surface area contributed by atoms with Crippen molar-refractivity contribution in [2.24, 2.45) is 29.1 Å². The van der Waals surface area contributed by atoms with E-state index in [1.54, 1.807) is 5.57 Å². The highest BCUT2D eigenvalue weighted by Crippen LogP contribution is 2.59. The van der Waals surface area contributed by atoms with Crippen molar-refractivity contribution in [1.82, 2.24) is 0 Å². The van der Waals surface area contributed by atoms with Crippen molar-refractivity contribution in [1.29, 1.82) is 0 Å². The number of carbonyl (C=O) groups excluding carboxylic acids is 1. The second-order valence-corrected chi connectivity index (χ2v) is 27.8. The lowest BCUT2D eigenvalue weighted by Crippen LogP contribution is -2.49. The van der Waals surface area contributed by atoms with Crippen LogP contribution in [-0.4, -0.2) is 34.6 Å². The van der Waals surface area contributed by atoms with E-state index < -0.39 is 16.6 Å². The molecule has 4 saturated carbocycles. The summed E-state index contributed by atoms with van der Waals surface area (Å²) in [5.41, 5.74) is 4.43. The van der Waals surface area contributed by atoms with Gasteiger partial charge in [-0.05, 0) is 128 Å². The Morgan fingerprint density at radius 2 is 1.57 bits per heavy atom. The molecule has 0 unspecified atom stereocenters. The Morgan fingerprint density at radius 1 is 0.955 bits per heavy atom. The van der Waals surface area contributed by atoms with Gasteiger partial charge in [-0.15, -0.1) is 0 Å². The molecule has 4 fully saturated rings. The lowest BCUT2D eigenvalue weighted by Gasteiger charge is -2.45. The van der Waals surface area contributed by atoms with Crippen molar-refractivity contribution in [3.8, 4) is 0 Å². The zero-order valence-electron chi connectivity index (χ0n) is 30.6. The highest BCUT2D eigenvalue weighted by atomic mass is 28.4. The van der Waals surface area contributed by atoms with Gasteiger partial charge in [0.2, 0.25) is 0 Å². The first-order chi connectivity index (χ1) is 20.2. The molecule has 3 nitrogen and oxygen atoms in total. The molecular formula is C39H66O3Si2. The summed E-state index contributed by atoms with van der Waals surface area (Å²) in [5.74, 6) is 2.39. The van der Waals surface area contributed by atoms with E-state index in [1.807, 2.05) is 6.08 Å². The molecule has 248 valence electrons. The average Bonchev–Trinajstić information content (AvgIpc) is 3.68. The van der Waals surface area contributed by atoms with Crippen molar-refractivity contribution < 1.29 is 13.6 Å². The van der Waals surface area contributed by atoms with Gasteiger partial charge in [0.05, 0.1) is 12.2 Å². The van der Waals surface area contributed by atoms with Crippen LogP contribution in [0.4, 0.5) is 0 Å². The van der Waals surface area contributed by atoms with Gasteiger partial charge >= 0.3 is 0 Å². The fourth-order valence-electron chi connectivity index (χ4n) is 7.79. The number of fused-ring (bicyclic) bond motifs is 1. The molecule has 0 aromatic carbocycles. The van der Waals surface area contributed by atoms with Crippen molar-refractivity contribution >= 4 is 22.4 Å². The number of ketones is 1. The van der Waals surface area contributed by atoms with E-state index in [0.29, 0.717) is 34.9 Å². The molecule has 0 aromatic rings. The summed E-state index contributed by atoms with van der Waals surface area (Å²) in [6.07, 6.45) is 19.5. The van der Waals surface area contributed by atoms with E-state index in [1.165, 1.54) is 43.3 Å². The lowest BCUT2D eigenvalue weighted by atomic mass is 9.61. The molecule has 0 spiro atoms. The Hall–Kier alpha value is -1.02. The highest BCUT2D eigenvalue weighted by molar-refractivity contribution is 6.74. The third-order valence-electron chi connectivity index (χ3n) is 13.0. The fraction of sp³-hybridized carbons (Fsp3) is 0.769. The van der Waals surface area contributed by atoms with Gasteiger partial charge in [-0.3, -0.25) is 4.79 Å². The van der Waals surface area contributed by atoms with Gasteiger partial charge in [0.25, 0.3) is 0 Å². The van der Waals surface area contributed by atoms with E-state index in [9.17, 15) is 4.79 Å². The number of hydrogen-bond donors (Lipinski definition) is 0. The van der Waals surface area contributed by atoms with Crippen molar-refractivity contribution in [2.45, 2.75) is 162 Å². The molecule has 0 aromatic heterocycles. The first kappa shape index (κ1) is 35.8. The Bertz CT molecular complexity index is 1170. The molecule has 5 heteroatoms. The summed E-state index contributed by atoms with van der Waals surface area (Å²) in [6.45, 7) is 33.0. The van der Waals surface area contributed by atoms with E-state index >= 15 is 0 Å². The molecule has 0 amide bonds. The minimum atomic E-state index is -1.98. The third-order valence-corrected chi connectivity index (χ3v) is 22.0. The van der Waals surface area contributed by atoms with E-state index in [4.69, 9.17) is 8.85 Å². The molecular weight excluding hydrogens is 573 g/mol. The molecule has 0 N–H and O–H groups in total. The van der Waals surface area contributed by atoms with E-state index in [2.05, 4.69) is 106 Å². The van der Waals surface area contributed by atoms with Gasteiger partial charge in [0.15, 0.2) is 22.4 Å². The van der Waals surface area contributed by atoms with Crippen LogP contribution in [0.5, 0.6) is 0 Å². The van der Waals surface area contributed by atoms with Crippen LogP contribution in [-0.2, 0) is 13.6 Å². The molecule has 4 aliphatic rings. The number of hydrogen-bond acceptors (Lipinski definition) is 3. The SMILES string of the molecule is C=C1/C(=C/C=C2\CCC[C@]3(C)[C@@H]([C@H](C)/C=C/C(=O)C4CC4)CC[C@@H]23)C[C@@H](O[Si](C)(C)C(C)(C)C)C[C@H]1O[Si](C)(C)C(C)(C)C. The zero-order valence-corrected chi connectivity index (χ0v) is 32.6. The summed E-state index contributed by atoms with van der Waals surface area (Å²) in [6, 6.07) is 0. The molecule has 44 heavy (non-hydrogen) atoms. The number of carbonyl (C=O) groups is 1. The first-order valence-corrected chi connectivity index (χ1v) is 23.6. The van der Waals surface area contributed by atoms with E-state index in [-0.39, 0.29) is 22.3 Å². The molecule has 0 aliphatic heterocycles. The summed E-state index contributed by atoms with van der Waals surface area (Å²) in [7, 11) is -3.91. The van der Waals surface area contributed by atoms with E-state index in [0.717, 1.165) is 25.7 Å². The second kappa shape index (κ2) is 12.9. The van der Waals surface area contributed by atoms with Crippen LogP contribution in [0.25, 0.3) is 0 Å². The minimum Gasteiger partial charge on any atom is -0.413 e. The predicted octanol–water partition coefficient (Wildman–Crippen LogP) is 11.4. The predicted molar refractivity (Wildman–Crippen MR) is 193 cm³/mol. The maximum absolute atomic E-state index is 12.4. The molecule has 0 heterocycles. The number of rotatable bonds is 9. The van der Waals surface area contributed by atoms with Crippen molar-refractivity contribution in [3.63, 3.8) is 0 Å². The van der Waals surface area contributed by atoms with Gasteiger partial charge in [-0.25, -0.2) is 0 Å². The summed E-state index contributed by atoms with van der Waals surface area (Å²) < 4.78 is 14.1. The van der Waals surface area contributed by atoms with Gasteiger partial charge in [-0.1, -0.05) is 85.8 Å². The normalized spacial score (nSPS) is 33.3. The molecule has 4 rings (SSSR count). The Labute approximate surface area is 273 Å². The third kappa shape index (κ3) is 7.74. The highest BCUT2D eigenvalue weighted by Gasteiger charge is 2.50. The largest absolute Gasteiger partial charge is 0.413 e. The average molecular weight is 639 g/mol. The van der Waals surface area contributed by atoms with Crippen LogP contribution in [0.15, 0.2) is 47.6 Å². The van der Waals surface area contributed by atoms with Crippen molar-refractivity contribution in [3.05, 3.63) is 47.6 Å². The Morgan fingerprint density at radius 3 is 2.16 bits per heavy atom. The second-order valence-electron chi connectivity index (χ2n) is 18.3. The van der Waals surface area contributed by atoms with Crippen LogP contribution in [0, 0.1) is 29.1 Å². The zero-order chi connectivity index (χ0) is 32.9. The summed E-state index contributed by atoms with van der Waals surface area (Å²) in [4.78, 5) is 12.4. The molecule has 0 radical (unpaired) electrons. The van der Waals surface area contributed by atoms with Crippen LogP contribution < -0.4 is 0 Å². The van der Waals surface area contributed by atoms with Crippen LogP contribution in [0.3, 0.4) is 0 Å². The smallest absolute Gasteiger partial charge is 0.192 e. The van der Waals surface area contributed by atoms with Gasteiger partial charge in [0, 0.05) is 12.3 Å². The standard InChI is InChI=1S/C39H66O3Si2/c1-27(16-23-35(40)30-18-19-30)33-21-22-34-29(15-14-24-39(33,34)9)17-20-31-25-32(41-43(10,11)37(3,4)5)26-36(28(31)2)42-44(12,13)38(6,7)8/h16-17,20,23,27,30,32-34,36H,2,14-15,18-19,21-22,24-26H2,1,3-13H3/b23-16+,29-17+,31-20+/t27-,32-,33-,34+,36-,39-/m1/s1. The fourth-order valence-corrected chi connectivity index (χ4v) is 10.5. The quantitative estimate of drug-likeness (QED) is 0.186. The maximum atomic E-state index is 12.4. The topological polar surface area (TPSA) is 35.5 Å². The summed E-state index contributed by atoms with van der Waals surface area (Å²) >= 11 is 0. The number of allylic oxidation sites excluding steroid dienone is 5. The summed E-state index contributed by atoms with van der Waals surface area (Å²) in [5, 5.41) is 0.321. The molecule has 0 saturated heterocycles. The molecule has 0 bridgehead atoms. The molecule has 6 atom stereocenters. The Balaban J connectivity index is 1.58. The van der Waals surface area contributed by atoms with Crippen LogP contribution >= 0.6 is 0 Å². The van der Waals surface area contributed by atoms with Crippen LogP contribution in [0.1, 0.15) is 113 Å². The van der Waals surface area contributed by atoms with Gasteiger partial charge in [0.1, 0.15) is 0 Å². The van der Waals surface area contributed by atoms with Gasteiger partial charge < -0.3 is 8.85 Å². The maximum Gasteiger partial charge on any atom is 0.192 e. The monoisotopic (exact) mass is 638 g/mol. The first-order valence-electron chi connectivity index (χ1n) is 17.8. The minimum absolute atomic E-state index is 0.0162. The Kier molecular flexibility index (Phi) is 10.5.